The summed E-state index contributed by atoms with van der Waals surface area (Å²) in [4.78, 5) is 7.76. The van der Waals surface area contributed by atoms with Gasteiger partial charge in [-0.15, -0.1) is 10.2 Å². The van der Waals surface area contributed by atoms with Crippen molar-refractivity contribution in [2.24, 2.45) is 5.14 Å². The molecule has 0 aliphatic heterocycles. The molecule has 4 aromatic rings. The summed E-state index contributed by atoms with van der Waals surface area (Å²) >= 11 is 0. The normalized spacial score (nSPS) is 12.2. The van der Waals surface area contributed by atoms with Crippen molar-refractivity contribution in [1.29, 1.82) is 0 Å². The summed E-state index contributed by atoms with van der Waals surface area (Å²) in [5, 5.41) is 35.4. The van der Waals surface area contributed by atoms with Crippen LogP contribution in [-0.2, 0) is 24.7 Å². The number of hydrogen-bond donors (Lipinski definition) is 4. The zero-order chi connectivity index (χ0) is 27.6. The van der Waals surface area contributed by atoms with E-state index in [1.807, 2.05) is 6.07 Å². The number of rotatable bonds is 6. The van der Waals surface area contributed by atoms with Crippen LogP contribution in [0, 0.1) is 0 Å². The average molecular weight is 563 g/mol. The first kappa shape index (κ1) is 27.6. The number of tetrazole rings is 1. The van der Waals surface area contributed by atoms with Gasteiger partial charge in [-0.25, -0.2) is 22.0 Å². The minimum absolute atomic E-state index is 0.0547. The summed E-state index contributed by atoms with van der Waals surface area (Å²) in [7, 11) is -8.51. The fourth-order valence-electron chi connectivity index (χ4n) is 3.30. The van der Waals surface area contributed by atoms with Crippen molar-refractivity contribution in [2.75, 3.05) is 12.3 Å². The summed E-state index contributed by atoms with van der Waals surface area (Å²) in [6.45, 7) is 0.0547. The van der Waals surface area contributed by atoms with Gasteiger partial charge in [-0.3, -0.25) is 5.10 Å². The molecule has 2 aromatic heterocycles. The maximum Gasteiger partial charge on any atom is 0.430 e. The van der Waals surface area contributed by atoms with E-state index in [1.165, 1.54) is 12.1 Å². The van der Waals surface area contributed by atoms with Gasteiger partial charge in [0.05, 0.1) is 28.7 Å². The SMILES string of the molecule is NS(=O)(=O)c1c(S(=O)(=O)CC[NH3+])ccc(-c2cccc3cn[nH]c23)c1-c1nn[nH]n1.O=C([O-])C(F)(F)F. The number of nitrogens with one attached hydrogen (secondary N) is 2. The van der Waals surface area contributed by atoms with Crippen LogP contribution in [0.5, 0.6) is 0 Å². The van der Waals surface area contributed by atoms with Crippen molar-refractivity contribution >= 4 is 36.7 Å². The van der Waals surface area contributed by atoms with Gasteiger partial charge in [0.2, 0.25) is 15.8 Å². The van der Waals surface area contributed by atoms with E-state index in [0.29, 0.717) is 16.6 Å². The van der Waals surface area contributed by atoms with Crippen LogP contribution in [0.3, 0.4) is 0 Å². The Kier molecular flexibility index (Phi) is 7.62. The predicted octanol–water partition coefficient (Wildman–Crippen LogP) is -1.63. The second-order valence-corrected chi connectivity index (χ2v) is 10.8. The van der Waals surface area contributed by atoms with Gasteiger partial charge in [-0.2, -0.15) is 23.5 Å². The van der Waals surface area contributed by atoms with E-state index in [-0.39, 0.29) is 23.7 Å². The van der Waals surface area contributed by atoms with Gasteiger partial charge in [0.1, 0.15) is 16.6 Å². The van der Waals surface area contributed by atoms with E-state index < -0.39 is 41.8 Å². The van der Waals surface area contributed by atoms with Crippen LogP contribution >= 0.6 is 0 Å². The molecule has 2 heterocycles. The zero-order valence-electron chi connectivity index (χ0n) is 18.4. The topological polar surface area (TPSA) is 245 Å². The van der Waals surface area contributed by atoms with Crippen LogP contribution in [-0.4, -0.2) is 72.1 Å². The van der Waals surface area contributed by atoms with Crippen LogP contribution in [0.25, 0.3) is 33.4 Å². The number of carboxylic acid groups (broad SMARTS) is 1. The molecule has 0 bridgehead atoms. The number of carboxylic acids is 1. The minimum Gasteiger partial charge on any atom is -0.542 e. The first-order chi connectivity index (χ1) is 17.2. The Hall–Kier alpha value is -3.94. The fraction of sp³-hybridized carbons (Fsp3) is 0.167. The number of fused-ring (bicyclic) bond motifs is 1. The lowest BCUT2D eigenvalue weighted by atomic mass is 9.97. The number of alkyl halides is 3. The molecule has 0 fully saturated rings. The van der Waals surface area contributed by atoms with E-state index in [4.69, 9.17) is 15.0 Å². The van der Waals surface area contributed by atoms with E-state index in [9.17, 15) is 30.0 Å². The molecular formula is C18H17F3N8O6S2. The molecule has 0 radical (unpaired) electrons. The van der Waals surface area contributed by atoms with E-state index >= 15 is 0 Å². The summed E-state index contributed by atoms with van der Waals surface area (Å²) in [6, 6.07) is 8.03. The number of carbonyl (C=O) groups is 1. The molecule has 0 unspecified atom stereocenters. The lowest BCUT2D eigenvalue weighted by Gasteiger charge is -2.16. The maximum absolute atomic E-state index is 12.8. The molecule has 2 aromatic carbocycles. The number of nitrogens with zero attached hydrogens (tertiary/aromatic N) is 4. The van der Waals surface area contributed by atoms with Gasteiger partial charge in [0.25, 0.3) is 0 Å². The Morgan fingerprint density at radius 2 is 1.78 bits per heavy atom. The lowest BCUT2D eigenvalue weighted by molar-refractivity contribution is -0.360. The van der Waals surface area contributed by atoms with Gasteiger partial charge in [-0.05, 0) is 16.8 Å². The second kappa shape index (κ2) is 10.2. The van der Waals surface area contributed by atoms with Crippen LogP contribution in [0.1, 0.15) is 0 Å². The largest absolute Gasteiger partial charge is 0.542 e. The number of aromatic amines is 2. The standard InChI is InChI=1S/C16H16N8O4S2.C2HF3O2/c17-6-7-29(25,26)12-5-4-10(11-3-1-2-9-8-19-20-14(9)11)13(15(12)30(18,27)28)16-21-23-24-22-16;3-2(4,5)1(6)7/h1-5,8H,6-7,17H2,(H,19,20)(H2,18,27,28)(H,21,22,23,24);(H,6,7). The smallest absolute Gasteiger partial charge is 0.430 e. The second-order valence-electron chi connectivity index (χ2n) is 7.19. The molecule has 4 rings (SSSR count). The molecule has 19 heteroatoms. The van der Waals surface area contributed by atoms with Crippen molar-refractivity contribution < 1.29 is 45.6 Å². The van der Waals surface area contributed by atoms with Crippen molar-refractivity contribution in [2.45, 2.75) is 16.0 Å². The molecule has 0 amide bonds. The maximum atomic E-state index is 12.8. The first-order valence-corrected chi connectivity index (χ1v) is 13.0. The Bertz CT molecular complexity index is 1650. The molecule has 37 heavy (non-hydrogen) atoms. The van der Waals surface area contributed by atoms with Gasteiger partial charge in [0.15, 0.2) is 9.84 Å². The fourth-order valence-corrected chi connectivity index (χ4v) is 6.12. The molecule has 198 valence electrons. The number of aliphatic carboxylic acids is 1. The van der Waals surface area contributed by atoms with E-state index in [1.54, 1.807) is 18.3 Å². The highest BCUT2D eigenvalue weighted by Crippen LogP contribution is 2.40. The third kappa shape index (κ3) is 5.90. The highest BCUT2D eigenvalue weighted by molar-refractivity contribution is 7.93. The van der Waals surface area contributed by atoms with Crippen molar-refractivity contribution in [1.82, 2.24) is 30.8 Å². The number of H-pyrrole nitrogens is 2. The number of para-hydroxylation sites is 1. The first-order valence-electron chi connectivity index (χ1n) is 9.84. The number of aromatic nitrogens is 6. The van der Waals surface area contributed by atoms with Gasteiger partial charge in [0, 0.05) is 10.9 Å². The van der Waals surface area contributed by atoms with Gasteiger partial charge in [-0.1, -0.05) is 24.3 Å². The molecule has 0 aliphatic carbocycles. The summed E-state index contributed by atoms with van der Waals surface area (Å²) < 4.78 is 82.4. The van der Waals surface area contributed by atoms with Crippen molar-refractivity contribution in [3.8, 4) is 22.5 Å². The third-order valence-corrected chi connectivity index (χ3v) is 7.68. The highest BCUT2D eigenvalue weighted by Gasteiger charge is 2.32. The Morgan fingerprint density at radius 3 is 2.32 bits per heavy atom. The zero-order valence-corrected chi connectivity index (χ0v) is 20.0. The number of sulfonamides is 1. The van der Waals surface area contributed by atoms with E-state index in [0.717, 1.165) is 5.39 Å². The van der Waals surface area contributed by atoms with Crippen molar-refractivity contribution in [3.05, 3.63) is 36.5 Å². The average Bonchev–Trinajstić information content (AvgIpc) is 3.49. The van der Waals surface area contributed by atoms with Crippen LogP contribution in [0.15, 0.2) is 46.3 Å². The molecule has 0 aliphatic rings. The molecule has 0 saturated carbocycles. The number of hydrogen-bond acceptors (Lipinski definition) is 10. The number of quaternary nitrogens is 1. The monoisotopic (exact) mass is 562 g/mol. The number of primary sulfonamides is 1. The minimum atomic E-state index is -5.19. The number of sulfone groups is 1. The third-order valence-electron chi connectivity index (χ3n) is 4.72. The Morgan fingerprint density at radius 1 is 1.11 bits per heavy atom. The van der Waals surface area contributed by atoms with Crippen LogP contribution in [0.2, 0.25) is 0 Å². The number of carbonyl (C=O) groups excluding carboxylic acids is 1. The molecule has 7 N–H and O–H groups in total. The number of nitrogens with two attached hydrogens (primary N) is 1. The number of benzene rings is 2. The molecule has 0 atom stereocenters. The van der Waals surface area contributed by atoms with Gasteiger partial charge >= 0.3 is 6.18 Å². The van der Waals surface area contributed by atoms with Gasteiger partial charge < -0.3 is 15.6 Å². The number of halogens is 3. The predicted molar refractivity (Wildman–Crippen MR) is 117 cm³/mol. The molecule has 0 saturated heterocycles. The van der Waals surface area contributed by atoms with Crippen LogP contribution in [0.4, 0.5) is 13.2 Å². The molecule has 0 spiro atoms. The van der Waals surface area contributed by atoms with Crippen molar-refractivity contribution in [3.63, 3.8) is 0 Å². The van der Waals surface area contributed by atoms with Crippen LogP contribution < -0.4 is 16.0 Å². The summed E-state index contributed by atoms with van der Waals surface area (Å²) in [5.41, 5.74) is 5.01. The molecule has 14 nitrogen and oxygen atoms in total. The summed E-state index contributed by atoms with van der Waals surface area (Å²) in [6.07, 6.45) is -3.58. The quantitative estimate of drug-likeness (QED) is 0.209. The summed E-state index contributed by atoms with van der Waals surface area (Å²) in [5.74, 6) is -3.47. The Labute approximate surface area is 205 Å². The Balaban J connectivity index is 0.000000479. The molecular weight excluding hydrogens is 545 g/mol. The highest BCUT2D eigenvalue weighted by atomic mass is 32.2. The lowest BCUT2D eigenvalue weighted by Crippen LogP contribution is -2.53. The van der Waals surface area contributed by atoms with E-state index in [2.05, 4.69) is 36.6 Å².